The van der Waals surface area contributed by atoms with Crippen molar-refractivity contribution >= 4 is 123 Å². The minimum atomic E-state index is -5.12. The molecule has 4 aromatic carbocycles. The van der Waals surface area contributed by atoms with Gasteiger partial charge in [-0.15, -0.1) is 10.2 Å². The molecule has 0 bridgehead atoms. The van der Waals surface area contributed by atoms with Crippen molar-refractivity contribution < 1.29 is 70.5 Å². The number of carbonyl (C=O) groups is 1. The van der Waals surface area contributed by atoms with Gasteiger partial charge in [0.15, 0.2) is 15.6 Å². The van der Waals surface area contributed by atoms with Crippen molar-refractivity contribution in [3.05, 3.63) is 83.7 Å². The van der Waals surface area contributed by atoms with Gasteiger partial charge in [-0.05, 0) is 71.6 Å². The lowest BCUT2D eigenvalue weighted by Crippen LogP contribution is -2.32. The molecule has 0 spiro atoms. The molecular weight excluding hydrogens is 1010 g/mol. The third-order valence-electron chi connectivity index (χ3n) is 8.37. The van der Waals surface area contributed by atoms with Crippen molar-refractivity contribution in [1.82, 2.24) is 35.2 Å². The zero-order valence-electron chi connectivity index (χ0n) is 33.8. The average Bonchev–Trinajstić information content (AvgIpc) is 3.23. The lowest BCUT2D eigenvalue weighted by molar-refractivity contribution is 0.0959. The van der Waals surface area contributed by atoms with Crippen LogP contribution in [0.1, 0.15) is 10.4 Å². The van der Waals surface area contributed by atoms with E-state index in [1.54, 1.807) is 0 Å². The SMILES string of the molecule is COc1ccc(N=Nc2c(S(=O)(=O)O)cc3cc(Nc4nc(Cl)nc(N[B]Nc5nc(F)nc(Nc6cccc(C(=O)NCS(=O)(=O)CCOS(=O)(=O)O)c6)n5)n4)ccc3c2O)c(S(=O)(=O)O)c1. The fraction of sp³-hybridized carbons (Fsp3) is 0.121. The number of hydrogen-bond donors (Lipinski definition) is 9. The van der Waals surface area contributed by atoms with Gasteiger partial charge in [-0.3, -0.25) is 18.5 Å². The molecule has 6 rings (SSSR count). The molecule has 357 valence electrons. The normalized spacial score (nSPS) is 12.1. The first-order valence-corrected chi connectivity index (χ1v) is 24.6. The van der Waals surface area contributed by atoms with E-state index >= 15 is 0 Å². The lowest BCUT2D eigenvalue weighted by atomic mass is 10.1. The monoisotopic (exact) mass is 1040 g/mol. The summed E-state index contributed by atoms with van der Waals surface area (Å²) in [6, 6.07) is 13.7. The van der Waals surface area contributed by atoms with E-state index in [1.165, 1.54) is 55.6 Å². The van der Waals surface area contributed by atoms with Crippen LogP contribution in [-0.2, 0) is 44.7 Å². The average molecular weight is 1040 g/mol. The number of aromatic hydroxyl groups is 1. The number of rotatable bonds is 20. The molecule has 0 atom stereocenters. The van der Waals surface area contributed by atoms with Gasteiger partial charge in [0, 0.05) is 28.4 Å². The Morgan fingerprint density at radius 1 is 0.765 bits per heavy atom. The maximum atomic E-state index is 14.4. The topological polar surface area (TPSA) is 415 Å². The van der Waals surface area contributed by atoms with Crippen LogP contribution in [-0.4, -0.2) is 121 Å². The Morgan fingerprint density at radius 3 is 2.06 bits per heavy atom. The van der Waals surface area contributed by atoms with Crippen LogP contribution in [0.3, 0.4) is 0 Å². The number of carbonyl (C=O) groups excluding carboxylic acids is 1. The van der Waals surface area contributed by atoms with Crippen molar-refractivity contribution in [2.75, 3.05) is 46.4 Å². The molecule has 0 saturated heterocycles. The number of benzene rings is 4. The van der Waals surface area contributed by atoms with Crippen LogP contribution < -0.4 is 31.1 Å². The zero-order chi connectivity index (χ0) is 49.6. The van der Waals surface area contributed by atoms with Crippen LogP contribution >= 0.6 is 11.6 Å². The standard InChI is InChI=1S/C33H29BClFN13O15S4/c1-63-20-6-8-22(23(14-20)66(54,55)56)48-49-25-24(67(57,58)59)13-17-12-19(5-7-21(17)26(25)50)39-30-40-28(35)41-32(44-30)46-34-47-33-43-29(36)42-31(45-33)38-18-4-2-3-16(11-18)27(51)37-15-65(52,53)10-9-64-68(60,61)62/h2-8,11-14,50H,9-10,15H2,1H3,(H,37,51)(H,54,55,56)(H,57,58,59)(H,60,61,62)(H2,38,42,43,45,47)(H2,39,40,41,44,46). The van der Waals surface area contributed by atoms with Crippen LogP contribution in [0.15, 0.2) is 86.7 Å². The summed E-state index contributed by atoms with van der Waals surface area (Å²) in [6.45, 7) is -0.881. The Bertz CT molecular complexity index is 3440. The van der Waals surface area contributed by atoms with Gasteiger partial charge in [-0.25, -0.2) is 12.6 Å². The number of ether oxygens (including phenoxy) is 1. The number of halogens is 2. The number of fused-ring (bicyclic) bond motifs is 1. The summed E-state index contributed by atoms with van der Waals surface area (Å²) in [6.07, 6.45) is -1.25. The van der Waals surface area contributed by atoms with Crippen LogP contribution in [0.2, 0.25) is 5.28 Å². The highest BCUT2D eigenvalue weighted by Gasteiger charge is 2.24. The maximum absolute atomic E-state index is 14.4. The second kappa shape index (κ2) is 20.4. The Morgan fingerprint density at radius 2 is 1.40 bits per heavy atom. The van der Waals surface area contributed by atoms with E-state index in [1.807, 2.05) is 0 Å². The summed E-state index contributed by atoms with van der Waals surface area (Å²) < 4.78 is 146. The second-order valence-electron chi connectivity index (χ2n) is 13.1. The van der Waals surface area contributed by atoms with Crippen molar-refractivity contribution in [3.63, 3.8) is 0 Å². The van der Waals surface area contributed by atoms with Crippen LogP contribution in [0, 0.1) is 6.08 Å². The Balaban J connectivity index is 1.12. The van der Waals surface area contributed by atoms with E-state index in [9.17, 15) is 57.1 Å². The summed E-state index contributed by atoms with van der Waals surface area (Å²) in [4.78, 5) is 34.1. The molecule has 1 amide bonds. The van der Waals surface area contributed by atoms with Crippen molar-refractivity contribution in [1.29, 1.82) is 0 Å². The van der Waals surface area contributed by atoms with Gasteiger partial charge in [-0.2, -0.15) is 59.5 Å². The predicted octanol–water partition coefficient (Wildman–Crippen LogP) is 3.09. The van der Waals surface area contributed by atoms with Crippen LogP contribution in [0.5, 0.6) is 11.5 Å². The number of amides is 1. The molecule has 1 radical (unpaired) electrons. The minimum Gasteiger partial charge on any atom is -0.505 e. The van der Waals surface area contributed by atoms with Crippen LogP contribution in [0.4, 0.5) is 50.9 Å². The highest BCUT2D eigenvalue weighted by Crippen LogP contribution is 2.43. The molecule has 28 nitrogen and oxygen atoms in total. The number of sulfone groups is 1. The number of azo groups is 1. The highest BCUT2D eigenvalue weighted by atomic mass is 35.5. The molecule has 0 aliphatic heterocycles. The Kier molecular flexibility index (Phi) is 15.1. The molecule has 35 heteroatoms. The largest absolute Gasteiger partial charge is 0.505 e. The van der Waals surface area contributed by atoms with Gasteiger partial charge in [0.05, 0.1) is 19.5 Å². The number of phenols is 1. The lowest BCUT2D eigenvalue weighted by Gasteiger charge is -2.12. The van der Waals surface area contributed by atoms with Gasteiger partial charge < -0.3 is 36.2 Å². The Hall–Kier alpha value is -7.05. The highest BCUT2D eigenvalue weighted by molar-refractivity contribution is 7.91. The summed E-state index contributed by atoms with van der Waals surface area (Å²) in [5.74, 6) is -4.44. The molecular formula is C33H29BClFN13O15S4. The third-order valence-corrected chi connectivity index (χ3v) is 12.1. The smallest absolute Gasteiger partial charge is 0.397 e. The number of phenolic OH excluding ortho intramolecular Hbond substituents is 1. The predicted molar refractivity (Wildman–Crippen MR) is 237 cm³/mol. The zero-order valence-corrected chi connectivity index (χ0v) is 37.8. The first-order valence-electron chi connectivity index (χ1n) is 18.1. The summed E-state index contributed by atoms with van der Waals surface area (Å²) in [7, 11) is -16.6. The number of methoxy groups -OCH3 is 1. The molecule has 6 aromatic rings. The van der Waals surface area contributed by atoms with Gasteiger partial charge in [0.1, 0.15) is 32.8 Å². The van der Waals surface area contributed by atoms with Gasteiger partial charge in [0.25, 0.3) is 26.1 Å². The molecule has 2 heterocycles. The second-order valence-corrected chi connectivity index (χ2v) is 19.5. The van der Waals surface area contributed by atoms with Gasteiger partial charge >= 0.3 is 24.0 Å². The molecule has 0 aliphatic rings. The molecule has 68 heavy (non-hydrogen) atoms. The third kappa shape index (κ3) is 13.8. The number of aromatic nitrogens is 6. The van der Waals surface area contributed by atoms with E-state index in [-0.39, 0.29) is 62.5 Å². The van der Waals surface area contributed by atoms with E-state index in [0.717, 1.165) is 25.7 Å². The fourth-order valence-electron chi connectivity index (χ4n) is 5.46. The quantitative estimate of drug-likeness (QED) is 0.0301. The number of nitrogens with zero attached hydrogens (tertiary/aromatic N) is 8. The van der Waals surface area contributed by atoms with Crippen molar-refractivity contribution in [3.8, 4) is 11.5 Å². The molecule has 0 saturated carbocycles. The van der Waals surface area contributed by atoms with E-state index < -0.39 is 97.6 Å². The molecule has 9 N–H and O–H groups in total. The number of anilines is 6. The van der Waals surface area contributed by atoms with E-state index in [4.69, 9.17) is 20.9 Å². The van der Waals surface area contributed by atoms with Gasteiger partial charge in [0.2, 0.25) is 29.1 Å². The van der Waals surface area contributed by atoms with Gasteiger partial charge in [-0.1, -0.05) is 6.07 Å². The van der Waals surface area contributed by atoms with Crippen molar-refractivity contribution in [2.24, 2.45) is 10.2 Å². The number of hydrogen-bond acceptors (Lipinski definition) is 24. The van der Waals surface area contributed by atoms with Crippen molar-refractivity contribution in [2.45, 2.75) is 9.79 Å². The minimum absolute atomic E-state index is 0.0125. The number of nitrogens with one attached hydrogen (secondary N) is 5. The summed E-state index contributed by atoms with van der Waals surface area (Å²) >= 11 is 6.11. The molecule has 2 aromatic heterocycles. The maximum Gasteiger partial charge on any atom is 0.397 e. The molecule has 0 fully saturated rings. The first kappa shape index (κ1) is 50.4. The summed E-state index contributed by atoms with van der Waals surface area (Å²) in [5, 5.41) is 31.0. The molecule has 0 aliphatic carbocycles. The first-order chi connectivity index (χ1) is 31.9. The Labute approximate surface area is 388 Å². The fourth-order valence-corrected chi connectivity index (χ4v) is 8.14. The molecule has 0 unspecified atom stereocenters. The van der Waals surface area contributed by atoms with Crippen LogP contribution in [0.25, 0.3) is 10.8 Å². The van der Waals surface area contributed by atoms with E-state index in [0.29, 0.717) is 0 Å². The van der Waals surface area contributed by atoms with E-state index in [2.05, 4.69) is 70.7 Å². The summed E-state index contributed by atoms with van der Waals surface area (Å²) in [5.41, 5.74) is -0.958.